The Balaban J connectivity index is 2.22. The zero-order chi connectivity index (χ0) is 14.5. The summed E-state index contributed by atoms with van der Waals surface area (Å²) in [6, 6.07) is 2.42. The van der Waals surface area contributed by atoms with Gasteiger partial charge in [0, 0.05) is 30.8 Å². The number of aromatic nitrogens is 2. The summed E-state index contributed by atoms with van der Waals surface area (Å²) in [5.74, 6) is 2.31. The molecular weight excluding hydrogens is 252 g/mol. The number of morpholine rings is 1. The van der Waals surface area contributed by atoms with Gasteiger partial charge in [-0.1, -0.05) is 20.8 Å². The van der Waals surface area contributed by atoms with Crippen LogP contribution in [0.1, 0.15) is 38.2 Å². The molecule has 1 saturated heterocycles. The number of rotatable bonds is 5. The Bertz CT molecular complexity index is 436. The number of nitrogens with zero attached hydrogens (tertiary/aromatic N) is 3. The monoisotopic (exact) mass is 278 g/mol. The molecule has 1 aromatic rings. The Morgan fingerprint density at radius 1 is 1.45 bits per heavy atom. The molecule has 1 aliphatic rings. The van der Waals surface area contributed by atoms with Gasteiger partial charge in [0.15, 0.2) is 0 Å². The van der Waals surface area contributed by atoms with Crippen molar-refractivity contribution in [2.75, 3.05) is 37.7 Å². The van der Waals surface area contributed by atoms with Gasteiger partial charge in [-0.2, -0.15) is 0 Å². The van der Waals surface area contributed by atoms with Crippen molar-refractivity contribution in [3.8, 4) is 0 Å². The van der Waals surface area contributed by atoms with E-state index in [1.165, 1.54) is 0 Å². The molecule has 5 heteroatoms. The van der Waals surface area contributed by atoms with Crippen molar-refractivity contribution in [2.45, 2.75) is 39.7 Å². The van der Waals surface area contributed by atoms with Crippen LogP contribution in [0.3, 0.4) is 0 Å². The Morgan fingerprint density at radius 3 is 2.95 bits per heavy atom. The lowest BCUT2D eigenvalue weighted by Crippen LogP contribution is -2.51. The first kappa shape index (κ1) is 15.2. The number of anilines is 1. The third-order valence-corrected chi connectivity index (χ3v) is 3.53. The largest absolute Gasteiger partial charge is 0.377 e. The summed E-state index contributed by atoms with van der Waals surface area (Å²) in [5.41, 5.74) is 1.03. The molecule has 1 fully saturated rings. The Kier molecular flexibility index (Phi) is 5.31. The molecule has 1 aliphatic heterocycles. The quantitative estimate of drug-likeness (QED) is 0.889. The van der Waals surface area contributed by atoms with E-state index in [0.29, 0.717) is 12.0 Å². The van der Waals surface area contributed by atoms with Crippen molar-refractivity contribution in [3.05, 3.63) is 17.6 Å². The fourth-order valence-corrected chi connectivity index (χ4v) is 2.42. The minimum absolute atomic E-state index is 0.345. The normalized spacial score (nSPS) is 19.6. The first-order valence-corrected chi connectivity index (χ1v) is 7.52. The van der Waals surface area contributed by atoms with E-state index in [9.17, 15) is 0 Å². The summed E-state index contributed by atoms with van der Waals surface area (Å²) >= 11 is 0. The van der Waals surface area contributed by atoms with Crippen LogP contribution >= 0.6 is 0 Å². The van der Waals surface area contributed by atoms with Crippen LogP contribution in [0, 0.1) is 6.92 Å². The Labute approximate surface area is 121 Å². The van der Waals surface area contributed by atoms with Gasteiger partial charge >= 0.3 is 0 Å². The van der Waals surface area contributed by atoms with Crippen molar-refractivity contribution in [1.29, 1.82) is 0 Å². The number of nitrogens with one attached hydrogen (secondary N) is 1. The molecule has 2 heterocycles. The Morgan fingerprint density at radius 2 is 2.25 bits per heavy atom. The van der Waals surface area contributed by atoms with Gasteiger partial charge in [-0.15, -0.1) is 0 Å². The number of aryl methyl sites for hydroxylation is 1. The average Bonchev–Trinajstić information content (AvgIpc) is 2.44. The second-order valence-corrected chi connectivity index (χ2v) is 5.61. The van der Waals surface area contributed by atoms with E-state index in [1.807, 2.05) is 6.92 Å². The van der Waals surface area contributed by atoms with E-state index in [1.54, 1.807) is 0 Å². The summed E-state index contributed by atoms with van der Waals surface area (Å²) in [6.07, 6.45) is 0. The van der Waals surface area contributed by atoms with E-state index < -0.39 is 0 Å². The molecule has 1 atom stereocenters. The second kappa shape index (κ2) is 6.99. The van der Waals surface area contributed by atoms with E-state index in [-0.39, 0.29) is 0 Å². The van der Waals surface area contributed by atoms with Crippen LogP contribution in [0.25, 0.3) is 0 Å². The summed E-state index contributed by atoms with van der Waals surface area (Å²) in [7, 11) is 0. The van der Waals surface area contributed by atoms with Crippen LogP contribution in [0.15, 0.2) is 6.07 Å². The molecule has 1 N–H and O–H groups in total. The lowest BCUT2D eigenvalue weighted by molar-refractivity contribution is 0.0934. The van der Waals surface area contributed by atoms with Crippen molar-refractivity contribution >= 4 is 5.82 Å². The fraction of sp³-hybridized carbons (Fsp3) is 0.733. The molecule has 112 valence electrons. The third-order valence-electron chi connectivity index (χ3n) is 3.53. The minimum atomic E-state index is 0.345. The van der Waals surface area contributed by atoms with Crippen molar-refractivity contribution in [3.63, 3.8) is 0 Å². The number of hydrogen-bond donors (Lipinski definition) is 1. The zero-order valence-electron chi connectivity index (χ0n) is 13.0. The summed E-state index contributed by atoms with van der Waals surface area (Å²) in [5, 5.41) is 3.40. The molecule has 5 nitrogen and oxygen atoms in total. The molecule has 0 spiro atoms. The highest BCUT2D eigenvalue weighted by Crippen LogP contribution is 2.20. The van der Waals surface area contributed by atoms with Crippen LogP contribution in [-0.2, 0) is 4.74 Å². The van der Waals surface area contributed by atoms with E-state index in [4.69, 9.17) is 9.72 Å². The SMILES string of the molecule is CCNCC1COCCN1c1cc(C)nc(C(C)C)n1. The van der Waals surface area contributed by atoms with Gasteiger partial charge in [-0.05, 0) is 13.5 Å². The molecular formula is C15H26N4O. The molecule has 1 unspecified atom stereocenters. The number of likely N-dealkylation sites (N-methyl/N-ethyl adjacent to an activating group) is 1. The topological polar surface area (TPSA) is 50.3 Å². The van der Waals surface area contributed by atoms with Crippen molar-refractivity contribution in [1.82, 2.24) is 15.3 Å². The molecule has 0 aliphatic carbocycles. The van der Waals surface area contributed by atoms with Crippen LogP contribution in [0.2, 0.25) is 0 Å². The molecule has 20 heavy (non-hydrogen) atoms. The zero-order valence-corrected chi connectivity index (χ0v) is 13.0. The predicted octanol–water partition coefficient (Wildman–Crippen LogP) is 1.72. The first-order valence-electron chi connectivity index (χ1n) is 7.52. The maximum Gasteiger partial charge on any atom is 0.133 e. The third kappa shape index (κ3) is 3.67. The van der Waals surface area contributed by atoms with Crippen LogP contribution in [0.5, 0.6) is 0 Å². The highest BCUT2D eigenvalue weighted by atomic mass is 16.5. The summed E-state index contributed by atoms with van der Waals surface area (Å²) < 4.78 is 5.61. The minimum Gasteiger partial charge on any atom is -0.377 e. The second-order valence-electron chi connectivity index (χ2n) is 5.61. The molecule has 0 bridgehead atoms. The molecule has 0 radical (unpaired) electrons. The van der Waals surface area contributed by atoms with Gasteiger partial charge in [0.2, 0.25) is 0 Å². The molecule has 0 saturated carbocycles. The van der Waals surface area contributed by atoms with E-state index in [2.05, 4.69) is 42.0 Å². The van der Waals surface area contributed by atoms with Gasteiger partial charge in [0.1, 0.15) is 11.6 Å². The first-order chi connectivity index (χ1) is 9.61. The summed E-state index contributed by atoms with van der Waals surface area (Å²) in [6.45, 7) is 12.7. The highest BCUT2D eigenvalue weighted by molar-refractivity contribution is 5.42. The van der Waals surface area contributed by atoms with Gasteiger partial charge < -0.3 is 15.0 Å². The molecule has 0 amide bonds. The highest BCUT2D eigenvalue weighted by Gasteiger charge is 2.24. The smallest absolute Gasteiger partial charge is 0.133 e. The van der Waals surface area contributed by atoms with Gasteiger partial charge in [0.05, 0.1) is 19.3 Å². The van der Waals surface area contributed by atoms with Gasteiger partial charge in [0.25, 0.3) is 0 Å². The lowest BCUT2D eigenvalue weighted by atomic mass is 10.2. The van der Waals surface area contributed by atoms with Crippen LogP contribution in [-0.4, -0.2) is 48.9 Å². The van der Waals surface area contributed by atoms with Gasteiger partial charge in [-0.25, -0.2) is 9.97 Å². The van der Waals surface area contributed by atoms with Gasteiger partial charge in [-0.3, -0.25) is 0 Å². The van der Waals surface area contributed by atoms with Crippen molar-refractivity contribution < 1.29 is 4.74 Å². The molecule has 2 rings (SSSR count). The summed E-state index contributed by atoms with van der Waals surface area (Å²) in [4.78, 5) is 11.6. The number of ether oxygens (including phenoxy) is 1. The van der Waals surface area contributed by atoms with Crippen LogP contribution < -0.4 is 10.2 Å². The van der Waals surface area contributed by atoms with Crippen molar-refractivity contribution in [2.24, 2.45) is 0 Å². The fourth-order valence-electron chi connectivity index (χ4n) is 2.42. The predicted molar refractivity (Wildman–Crippen MR) is 81.4 cm³/mol. The molecule has 0 aromatic carbocycles. The number of hydrogen-bond acceptors (Lipinski definition) is 5. The lowest BCUT2D eigenvalue weighted by Gasteiger charge is -2.37. The maximum atomic E-state index is 5.61. The maximum absolute atomic E-state index is 5.61. The van der Waals surface area contributed by atoms with Crippen LogP contribution in [0.4, 0.5) is 5.82 Å². The molecule has 1 aromatic heterocycles. The van der Waals surface area contributed by atoms with E-state index >= 15 is 0 Å². The Hall–Kier alpha value is -1.20. The average molecular weight is 278 g/mol. The van der Waals surface area contributed by atoms with E-state index in [0.717, 1.165) is 50.2 Å². The standard InChI is InChI=1S/C15H26N4O/c1-5-16-9-13-10-20-7-6-19(13)14-8-12(4)17-15(18-14)11(2)3/h8,11,13,16H,5-7,9-10H2,1-4H3.